The van der Waals surface area contributed by atoms with Crippen LogP contribution in [0.1, 0.15) is 23.7 Å². The van der Waals surface area contributed by atoms with Gasteiger partial charge < -0.3 is 5.32 Å². The summed E-state index contributed by atoms with van der Waals surface area (Å²) in [4.78, 5) is 30.0. The lowest BCUT2D eigenvalue weighted by atomic mass is 10.1. The maximum Gasteiger partial charge on any atom is 0.266 e. The second kappa shape index (κ2) is 9.49. The van der Waals surface area contributed by atoms with Crippen LogP contribution in [0.15, 0.2) is 47.4 Å². The molecule has 1 N–H and O–H groups in total. The van der Waals surface area contributed by atoms with Crippen molar-refractivity contribution in [1.82, 2.24) is 4.98 Å². The van der Waals surface area contributed by atoms with Crippen molar-refractivity contribution in [1.29, 1.82) is 5.26 Å². The van der Waals surface area contributed by atoms with Crippen LogP contribution in [-0.4, -0.2) is 16.8 Å². The lowest BCUT2D eigenvalue weighted by Gasteiger charge is -2.18. The Kier molecular flexibility index (Phi) is 6.76. The highest BCUT2D eigenvalue weighted by atomic mass is 32.1. The van der Waals surface area contributed by atoms with E-state index in [0.29, 0.717) is 11.8 Å². The van der Waals surface area contributed by atoms with Gasteiger partial charge in [-0.05, 0) is 49.2 Å². The van der Waals surface area contributed by atoms with Gasteiger partial charge in [0.1, 0.15) is 23.3 Å². The van der Waals surface area contributed by atoms with Crippen molar-refractivity contribution < 1.29 is 18.4 Å². The summed E-state index contributed by atoms with van der Waals surface area (Å²) in [7, 11) is 0. The number of amides is 2. The number of hydrogen-bond acceptors (Lipinski definition) is 5. The SMILES string of the molecule is CC(=O)N(c1nc(/C=C(\C#N)C(=O)Nc2cccc(C)c2C)cs1)c1ccc(F)cc1F. The zero-order valence-corrected chi connectivity index (χ0v) is 18.3. The van der Waals surface area contributed by atoms with Gasteiger partial charge in [0.25, 0.3) is 5.91 Å². The van der Waals surface area contributed by atoms with Crippen LogP contribution in [-0.2, 0) is 9.59 Å². The van der Waals surface area contributed by atoms with Gasteiger partial charge >= 0.3 is 0 Å². The molecule has 32 heavy (non-hydrogen) atoms. The lowest BCUT2D eigenvalue weighted by Crippen LogP contribution is -2.23. The van der Waals surface area contributed by atoms with E-state index in [-0.39, 0.29) is 22.1 Å². The van der Waals surface area contributed by atoms with Gasteiger partial charge in [0.2, 0.25) is 5.91 Å². The number of aryl methyl sites for hydroxylation is 1. The fraction of sp³-hybridized carbons (Fsp3) is 0.130. The normalized spacial score (nSPS) is 11.1. The number of nitrogens with zero attached hydrogens (tertiary/aromatic N) is 3. The van der Waals surface area contributed by atoms with Crippen molar-refractivity contribution in [2.24, 2.45) is 0 Å². The van der Waals surface area contributed by atoms with E-state index >= 15 is 0 Å². The zero-order chi connectivity index (χ0) is 23.4. The number of aromatic nitrogens is 1. The van der Waals surface area contributed by atoms with Gasteiger partial charge in [-0.25, -0.2) is 13.8 Å². The summed E-state index contributed by atoms with van der Waals surface area (Å²) in [5.74, 6) is -2.83. The van der Waals surface area contributed by atoms with Crippen LogP contribution in [0.2, 0.25) is 0 Å². The van der Waals surface area contributed by atoms with Gasteiger partial charge in [-0.2, -0.15) is 5.26 Å². The van der Waals surface area contributed by atoms with Gasteiger partial charge in [-0.15, -0.1) is 11.3 Å². The number of carbonyl (C=O) groups excluding carboxylic acids is 2. The molecule has 162 valence electrons. The van der Waals surface area contributed by atoms with Crippen LogP contribution in [0.5, 0.6) is 0 Å². The molecule has 0 aliphatic rings. The first-order valence-electron chi connectivity index (χ1n) is 9.42. The Balaban J connectivity index is 1.89. The molecule has 2 aromatic carbocycles. The molecule has 0 aliphatic heterocycles. The molecule has 0 radical (unpaired) electrons. The third-order valence-corrected chi connectivity index (χ3v) is 5.52. The predicted octanol–water partition coefficient (Wildman–Crippen LogP) is 5.27. The summed E-state index contributed by atoms with van der Waals surface area (Å²) in [5, 5.41) is 13.8. The van der Waals surface area contributed by atoms with Crippen LogP contribution >= 0.6 is 11.3 Å². The first kappa shape index (κ1) is 22.8. The summed E-state index contributed by atoms with van der Waals surface area (Å²) in [6, 6.07) is 10.1. The Labute approximate surface area is 187 Å². The van der Waals surface area contributed by atoms with Crippen molar-refractivity contribution in [2.75, 3.05) is 10.2 Å². The molecule has 1 heterocycles. The Hall–Kier alpha value is -3.90. The van der Waals surface area contributed by atoms with E-state index in [9.17, 15) is 23.6 Å². The molecule has 0 saturated heterocycles. The van der Waals surface area contributed by atoms with Gasteiger partial charge in [-0.1, -0.05) is 12.1 Å². The van der Waals surface area contributed by atoms with Crippen molar-refractivity contribution in [2.45, 2.75) is 20.8 Å². The molecule has 3 aromatic rings. The number of rotatable bonds is 5. The zero-order valence-electron chi connectivity index (χ0n) is 17.4. The van der Waals surface area contributed by atoms with Crippen molar-refractivity contribution >= 4 is 45.7 Å². The van der Waals surface area contributed by atoms with E-state index < -0.39 is 23.4 Å². The molecule has 6 nitrogen and oxygen atoms in total. The minimum atomic E-state index is -0.918. The second-order valence-corrected chi connectivity index (χ2v) is 7.71. The van der Waals surface area contributed by atoms with Gasteiger partial charge in [0.05, 0.1) is 11.4 Å². The predicted molar refractivity (Wildman–Crippen MR) is 119 cm³/mol. The van der Waals surface area contributed by atoms with Crippen LogP contribution in [0, 0.1) is 36.8 Å². The fourth-order valence-corrected chi connectivity index (χ4v) is 3.73. The van der Waals surface area contributed by atoms with Crippen LogP contribution < -0.4 is 10.2 Å². The average Bonchev–Trinajstić information content (AvgIpc) is 3.19. The summed E-state index contributed by atoms with van der Waals surface area (Å²) in [6.45, 7) is 4.99. The highest BCUT2D eigenvalue weighted by Crippen LogP contribution is 2.31. The van der Waals surface area contributed by atoms with Crippen LogP contribution in [0.25, 0.3) is 6.08 Å². The summed E-state index contributed by atoms with van der Waals surface area (Å²) in [6.07, 6.45) is 1.28. The number of hydrogen-bond donors (Lipinski definition) is 1. The molecular formula is C23H18F2N4O2S. The minimum absolute atomic E-state index is 0.112. The second-order valence-electron chi connectivity index (χ2n) is 6.88. The molecule has 9 heteroatoms. The summed E-state index contributed by atoms with van der Waals surface area (Å²) in [5.41, 5.74) is 2.36. The Bertz CT molecular complexity index is 1280. The van der Waals surface area contributed by atoms with Crippen molar-refractivity contribution in [3.05, 3.63) is 75.8 Å². The maximum atomic E-state index is 14.2. The minimum Gasteiger partial charge on any atom is -0.321 e. The van der Waals surface area contributed by atoms with E-state index in [1.54, 1.807) is 12.1 Å². The molecule has 2 amide bonds. The highest BCUT2D eigenvalue weighted by molar-refractivity contribution is 7.14. The van der Waals surface area contributed by atoms with Crippen LogP contribution in [0.3, 0.4) is 0 Å². The van der Waals surface area contributed by atoms with Gasteiger partial charge in [-0.3, -0.25) is 14.5 Å². The average molecular weight is 452 g/mol. The first-order valence-corrected chi connectivity index (χ1v) is 10.3. The number of anilines is 3. The molecular weight excluding hydrogens is 434 g/mol. The van der Waals surface area contributed by atoms with Crippen molar-refractivity contribution in [3.63, 3.8) is 0 Å². The molecule has 0 saturated carbocycles. The molecule has 0 aliphatic carbocycles. The van der Waals surface area contributed by atoms with Gasteiger partial charge in [0, 0.05) is 24.1 Å². The number of carbonyl (C=O) groups is 2. The number of nitriles is 1. The van der Waals surface area contributed by atoms with E-state index in [0.717, 1.165) is 39.5 Å². The third kappa shape index (κ3) is 4.87. The number of thiazole rings is 1. The van der Waals surface area contributed by atoms with E-state index in [1.807, 2.05) is 26.0 Å². The van der Waals surface area contributed by atoms with E-state index in [4.69, 9.17) is 0 Å². The summed E-state index contributed by atoms with van der Waals surface area (Å²) < 4.78 is 27.5. The molecule has 3 rings (SSSR count). The Morgan fingerprint density at radius 2 is 1.97 bits per heavy atom. The Morgan fingerprint density at radius 1 is 1.22 bits per heavy atom. The quantitative estimate of drug-likeness (QED) is 0.422. The smallest absolute Gasteiger partial charge is 0.266 e. The van der Waals surface area contributed by atoms with Crippen LogP contribution in [0.4, 0.5) is 25.3 Å². The standard InChI is InChI=1S/C23H18F2N4O2S/c1-13-5-4-6-20(14(13)2)28-22(31)16(11-26)9-18-12-32-23(27-18)29(15(3)30)21-8-7-17(24)10-19(21)25/h4-10,12H,1-3H3,(H,28,31)/b16-9+. The topological polar surface area (TPSA) is 86.1 Å². The fourth-order valence-electron chi connectivity index (χ4n) is 2.89. The number of nitrogens with one attached hydrogen (secondary N) is 1. The number of benzene rings is 2. The molecule has 0 spiro atoms. The molecule has 0 fully saturated rings. The van der Waals surface area contributed by atoms with Crippen molar-refractivity contribution in [3.8, 4) is 6.07 Å². The largest absolute Gasteiger partial charge is 0.321 e. The molecule has 0 bridgehead atoms. The molecule has 0 unspecified atom stereocenters. The molecule has 0 atom stereocenters. The molecule has 1 aromatic heterocycles. The first-order chi connectivity index (χ1) is 15.2. The Morgan fingerprint density at radius 3 is 2.62 bits per heavy atom. The van der Waals surface area contributed by atoms with Gasteiger partial charge in [0.15, 0.2) is 5.13 Å². The monoisotopic (exact) mass is 452 g/mol. The highest BCUT2D eigenvalue weighted by Gasteiger charge is 2.22. The summed E-state index contributed by atoms with van der Waals surface area (Å²) >= 11 is 1.01. The lowest BCUT2D eigenvalue weighted by molar-refractivity contribution is -0.116. The maximum absolute atomic E-state index is 14.2. The van der Waals surface area contributed by atoms with E-state index in [1.165, 1.54) is 18.4 Å². The number of halogens is 2. The van der Waals surface area contributed by atoms with E-state index in [2.05, 4.69) is 10.3 Å². The third-order valence-electron chi connectivity index (χ3n) is 4.68.